The van der Waals surface area contributed by atoms with Crippen LogP contribution in [0.5, 0.6) is 0 Å². The summed E-state index contributed by atoms with van der Waals surface area (Å²) in [5.74, 6) is -0.0682. The van der Waals surface area contributed by atoms with Crippen LogP contribution in [0.2, 0.25) is 0 Å². The molecule has 2 N–H and O–H groups in total. The Labute approximate surface area is 131 Å². The summed E-state index contributed by atoms with van der Waals surface area (Å²) >= 11 is 0. The molecule has 0 bridgehead atoms. The largest absolute Gasteiger partial charge is 0.325 e. The van der Waals surface area contributed by atoms with Gasteiger partial charge in [-0.15, -0.1) is 0 Å². The first kappa shape index (κ1) is 14.8. The van der Waals surface area contributed by atoms with Crippen LogP contribution < -0.4 is 10.6 Å². The highest BCUT2D eigenvalue weighted by Gasteiger charge is 2.28. The summed E-state index contributed by atoms with van der Waals surface area (Å²) in [6.07, 6.45) is 0. The van der Waals surface area contributed by atoms with Gasteiger partial charge in [-0.25, -0.2) is 0 Å². The molecule has 3 nitrogen and oxygen atoms in total. The van der Waals surface area contributed by atoms with Gasteiger partial charge in [0.25, 0.3) is 0 Å². The van der Waals surface area contributed by atoms with Crippen LogP contribution in [0.15, 0.2) is 36.4 Å². The van der Waals surface area contributed by atoms with Gasteiger partial charge in [0.1, 0.15) is 0 Å². The van der Waals surface area contributed by atoms with E-state index in [0.29, 0.717) is 6.54 Å². The van der Waals surface area contributed by atoms with Crippen molar-refractivity contribution >= 4 is 11.6 Å². The van der Waals surface area contributed by atoms with Crippen molar-refractivity contribution < 1.29 is 4.79 Å². The van der Waals surface area contributed by atoms with Gasteiger partial charge in [-0.3, -0.25) is 4.79 Å². The van der Waals surface area contributed by atoms with Crippen LogP contribution in [0.25, 0.3) is 0 Å². The zero-order chi connectivity index (χ0) is 15.7. The third-order valence-corrected chi connectivity index (χ3v) is 4.61. The van der Waals surface area contributed by atoms with Gasteiger partial charge in [-0.05, 0) is 54.7 Å². The number of rotatable bonds is 2. The van der Waals surface area contributed by atoms with Crippen molar-refractivity contribution in [1.29, 1.82) is 0 Å². The number of carbonyl (C=O) groups excluding carboxylic acids is 1. The quantitative estimate of drug-likeness (QED) is 0.891. The SMILES string of the molecule is Cc1cccc(NC(=O)C2CNCc3cccc(C)c32)c1C. The van der Waals surface area contributed by atoms with Crippen LogP contribution in [0.3, 0.4) is 0 Å². The van der Waals surface area contributed by atoms with Crippen molar-refractivity contribution in [3.8, 4) is 0 Å². The molecule has 2 aromatic rings. The normalized spacial score (nSPS) is 17.0. The predicted molar refractivity (Wildman–Crippen MR) is 90.2 cm³/mol. The molecule has 1 heterocycles. The van der Waals surface area contributed by atoms with Crippen molar-refractivity contribution in [1.82, 2.24) is 5.32 Å². The lowest BCUT2D eigenvalue weighted by Gasteiger charge is -2.27. The van der Waals surface area contributed by atoms with Crippen LogP contribution in [-0.2, 0) is 11.3 Å². The summed E-state index contributed by atoms with van der Waals surface area (Å²) in [5, 5.41) is 6.46. The van der Waals surface area contributed by atoms with Crippen molar-refractivity contribution in [2.24, 2.45) is 0 Å². The molecule has 0 radical (unpaired) electrons. The average molecular weight is 294 g/mol. The zero-order valence-electron chi connectivity index (χ0n) is 13.4. The van der Waals surface area contributed by atoms with E-state index < -0.39 is 0 Å². The first-order valence-corrected chi connectivity index (χ1v) is 7.74. The Morgan fingerprint density at radius 3 is 2.64 bits per heavy atom. The molecule has 3 heteroatoms. The summed E-state index contributed by atoms with van der Waals surface area (Å²) in [7, 11) is 0. The number of anilines is 1. The minimum atomic E-state index is -0.134. The second-order valence-electron chi connectivity index (χ2n) is 6.07. The lowest BCUT2D eigenvalue weighted by molar-refractivity contribution is -0.117. The van der Waals surface area contributed by atoms with E-state index in [0.717, 1.165) is 17.8 Å². The molecule has 0 saturated carbocycles. The van der Waals surface area contributed by atoms with Crippen molar-refractivity contribution in [3.63, 3.8) is 0 Å². The lowest BCUT2D eigenvalue weighted by Crippen LogP contribution is -2.36. The molecule has 3 rings (SSSR count). The topological polar surface area (TPSA) is 41.1 Å². The van der Waals surface area contributed by atoms with Crippen LogP contribution in [-0.4, -0.2) is 12.5 Å². The van der Waals surface area contributed by atoms with Gasteiger partial charge < -0.3 is 10.6 Å². The zero-order valence-corrected chi connectivity index (χ0v) is 13.4. The fourth-order valence-electron chi connectivity index (χ4n) is 3.18. The number of carbonyl (C=O) groups is 1. The van der Waals surface area contributed by atoms with E-state index in [1.165, 1.54) is 22.3 Å². The number of hydrogen-bond acceptors (Lipinski definition) is 2. The predicted octanol–water partition coefficient (Wildman–Crippen LogP) is 3.44. The van der Waals surface area contributed by atoms with Crippen LogP contribution in [0, 0.1) is 20.8 Å². The third kappa shape index (κ3) is 2.64. The van der Waals surface area contributed by atoms with E-state index in [1.54, 1.807) is 0 Å². The number of fused-ring (bicyclic) bond motifs is 1. The van der Waals surface area contributed by atoms with Crippen LogP contribution >= 0.6 is 0 Å². The summed E-state index contributed by atoms with van der Waals surface area (Å²) < 4.78 is 0. The molecule has 1 amide bonds. The molecule has 1 aliphatic rings. The van der Waals surface area contributed by atoms with Gasteiger partial charge in [-0.1, -0.05) is 30.3 Å². The van der Waals surface area contributed by atoms with Gasteiger partial charge in [0, 0.05) is 18.8 Å². The molecule has 2 aromatic carbocycles. The van der Waals surface area contributed by atoms with Crippen LogP contribution in [0.1, 0.15) is 33.7 Å². The highest BCUT2D eigenvalue weighted by molar-refractivity contribution is 5.97. The molecule has 114 valence electrons. The Balaban J connectivity index is 1.90. The standard InChI is InChI=1S/C19H22N2O/c1-12-6-5-9-17(14(12)3)21-19(22)16-11-20-10-15-8-4-7-13(2)18(15)16/h4-9,16,20H,10-11H2,1-3H3,(H,21,22). The third-order valence-electron chi connectivity index (χ3n) is 4.61. The van der Waals surface area contributed by atoms with E-state index in [1.807, 2.05) is 19.1 Å². The first-order chi connectivity index (χ1) is 10.6. The number of aryl methyl sites for hydroxylation is 2. The number of hydrogen-bond donors (Lipinski definition) is 2. The average Bonchev–Trinajstić information content (AvgIpc) is 2.51. The van der Waals surface area contributed by atoms with E-state index in [-0.39, 0.29) is 11.8 Å². The number of benzene rings is 2. The molecule has 0 fully saturated rings. The Morgan fingerprint density at radius 1 is 1.09 bits per heavy atom. The molecule has 1 atom stereocenters. The fourth-order valence-corrected chi connectivity index (χ4v) is 3.18. The molecule has 0 spiro atoms. The fraction of sp³-hybridized carbons (Fsp3) is 0.316. The lowest BCUT2D eigenvalue weighted by atomic mass is 9.86. The van der Waals surface area contributed by atoms with E-state index >= 15 is 0 Å². The minimum absolute atomic E-state index is 0.0662. The summed E-state index contributed by atoms with van der Waals surface area (Å²) in [6.45, 7) is 7.72. The molecule has 0 aromatic heterocycles. The van der Waals surface area contributed by atoms with Gasteiger partial charge in [0.2, 0.25) is 5.91 Å². The summed E-state index contributed by atoms with van der Waals surface area (Å²) in [6, 6.07) is 12.3. The minimum Gasteiger partial charge on any atom is -0.325 e. The Hall–Kier alpha value is -2.13. The van der Waals surface area contributed by atoms with E-state index in [9.17, 15) is 4.79 Å². The molecule has 0 aliphatic carbocycles. The Morgan fingerprint density at radius 2 is 1.82 bits per heavy atom. The highest BCUT2D eigenvalue weighted by Crippen LogP contribution is 2.29. The molecule has 1 unspecified atom stereocenters. The molecule has 0 saturated heterocycles. The van der Waals surface area contributed by atoms with Crippen molar-refractivity contribution in [2.75, 3.05) is 11.9 Å². The van der Waals surface area contributed by atoms with E-state index in [2.05, 4.69) is 48.7 Å². The second kappa shape index (κ2) is 5.93. The Bertz CT molecular complexity index is 721. The summed E-state index contributed by atoms with van der Waals surface area (Å²) in [4.78, 5) is 12.8. The maximum Gasteiger partial charge on any atom is 0.233 e. The molecule has 22 heavy (non-hydrogen) atoms. The smallest absolute Gasteiger partial charge is 0.233 e. The molecular weight excluding hydrogens is 272 g/mol. The number of nitrogens with one attached hydrogen (secondary N) is 2. The number of amides is 1. The monoisotopic (exact) mass is 294 g/mol. The molecule has 1 aliphatic heterocycles. The maximum absolute atomic E-state index is 12.8. The van der Waals surface area contributed by atoms with Crippen molar-refractivity contribution in [3.05, 3.63) is 64.2 Å². The van der Waals surface area contributed by atoms with Gasteiger partial charge >= 0.3 is 0 Å². The summed E-state index contributed by atoms with van der Waals surface area (Å²) in [5.41, 5.74) is 6.84. The first-order valence-electron chi connectivity index (χ1n) is 7.74. The van der Waals surface area contributed by atoms with Crippen LogP contribution in [0.4, 0.5) is 5.69 Å². The maximum atomic E-state index is 12.8. The molecular formula is C19H22N2O. The van der Waals surface area contributed by atoms with Gasteiger partial charge in [0.15, 0.2) is 0 Å². The van der Waals surface area contributed by atoms with Gasteiger partial charge in [-0.2, -0.15) is 0 Å². The second-order valence-corrected chi connectivity index (χ2v) is 6.07. The van der Waals surface area contributed by atoms with E-state index in [4.69, 9.17) is 0 Å². The van der Waals surface area contributed by atoms with Gasteiger partial charge in [0.05, 0.1) is 5.92 Å². The Kier molecular flexibility index (Phi) is 3.99. The highest BCUT2D eigenvalue weighted by atomic mass is 16.1. The van der Waals surface area contributed by atoms with Crippen molar-refractivity contribution in [2.45, 2.75) is 33.2 Å².